The van der Waals surface area contributed by atoms with Crippen molar-refractivity contribution in [2.45, 2.75) is 44.9 Å². The Labute approximate surface area is 91.8 Å². The van der Waals surface area contributed by atoms with E-state index in [2.05, 4.69) is 10.6 Å². The predicted molar refractivity (Wildman–Crippen MR) is 59.9 cm³/mol. The van der Waals surface area contributed by atoms with Crippen molar-refractivity contribution in [3.8, 4) is 0 Å². The maximum atomic E-state index is 14.3. The van der Waals surface area contributed by atoms with E-state index in [9.17, 15) is 4.39 Å². The summed E-state index contributed by atoms with van der Waals surface area (Å²) >= 11 is 0. The summed E-state index contributed by atoms with van der Waals surface area (Å²) in [7, 11) is 0. The van der Waals surface area contributed by atoms with Crippen LogP contribution in [0.1, 0.15) is 27.2 Å². The monoisotopic (exact) mass is 218 g/mol. The van der Waals surface area contributed by atoms with Crippen LogP contribution < -0.4 is 10.6 Å². The first-order chi connectivity index (χ1) is 7.06. The van der Waals surface area contributed by atoms with Crippen molar-refractivity contribution < 1.29 is 9.13 Å². The average molecular weight is 218 g/mol. The first kappa shape index (κ1) is 12.9. The lowest BCUT2D eigenvalue weighted by Crippen LogP contribution is -2.51. The molecule has 1 aliphatic heterocycles. The molecule has 4 heteroatoms. The molecule has 2 N–H and O–H groups in total. The van der Waals surface area contributed by atoms with E-state index in [0.717, 1.165) is 19.7 Å². The van der Waals surface area contributed by atoms with Crippen LogP contribution >= 0.6 is 0 Å². The topological polar surface area (TPSA) is 33.3 Å². The molecule has 0 aliphatic carbocycles. The second-order valence-electron chi connectivity index (χ2n) is 4.49. The first-order valence-electron chi connectivity index (χ1n) is 5.79. The Kier molecular flexibility index (Phi) is 4.96. The summed E-state index contributed by atoms with van der Waals surface area (Å²) in [6.07, 6.45) is 0.501. The van der Waals surface area contributed by atoms with Crippen molar-refractivity contribution in [1.29, 1.82) is 0 Å². The van der Waals surface area contributed by atoms with Crippen molar-refractivity contribution in [3.05, 3.63) is 0 Å². The third-order valence-electron chi connectivity index (χ3n) is 3.06. The molecule has 1 saturated heterocycles. The molecule has 1 heterocycles. The Hall–Kier alpha value is -0.190. The molecule has 0 aromatic rings. The molecule has 0 radical (unpaired) electrons. The van der Waals surface area contributed by atoms with Crippen LogP contribution in [0.3, 0.4) is 0 Å². The zero-order valence-electron chi connectivity index (χ0n) is 9.98. The normalized spacial score (nSPS) is 28.4. The van der Waals surface area contributed by atoms with Crippen LogP contribution in [0.25, 0.3) is 0 Å². The minimum Gasteiger partial charge on any atom is -0.379 e. The summed E-state index contributed by atoms with van der Waals surface area (Å²) in [6.45, 7) is 8.55. The highest BCUT2D eigenvalue weighted by Crippen LogP contribution is 2.23. The summed E-state index contributed by atoms with van der Waals surface area (Å²) in [4.78, 5) is 0. The van der Waals surface area contributed by atoms with Gasteiger partial charge in [0.05, 0.1) is 13.2 Å². The number of rotatable bonds is 5. The number of hydrogen-bond donors (Lipinski definition) is 2. The van der Waals surface area contributed by atoms with Gasteiger partial charge in [-0.2, -0.15) is 0 Å². The lowest BCUT2D eigenvalue weighted by Gasteiger charge is -2.33. The van der Waals surface area contributed by atoms with Gasteiger partial charge >= 0.3 is 0 Å². The third-order valence-corrected chi connectivity index (χ3v) is 3.06. The zero-order chi connectivity index (χ0) is 11.3. The van der Waals surface area contributed by atoms with E-state index in [1.165, 1.54) is 0 Å². The molecule has 3 atom stereocenters. The van der Waals surface area contributed by atoms with Crippen molar-refractivity contribution >= 4 is 0 Å². The fourth-order valence-electron chi connectivity index (χ4n) is 1.93. The quantitative estimate of drug-likeness (QED) is 0.725. The average Bonchev–Trinajstić information content (AvgIpc) is 2.19. The molecule has 0 saturated carbocycles. The summed E-state index contributed by atoms with van der Waals surface area (Å²) in [5.41, 5.74) is -1.19. The number of hydrogen-bond acceptors (Lipinski definition) is 3. The van der Waals surface area contributed by atoms with Crippen LogP contribution in [0.5, 0.6) is 0 Å². The van der Waals surface area contributed by atoms with E-state index in [0.29, 0.717) is 13.0 Å². The van der Waals surface area contributed by atoms with Crippen LogP contribution in [0.15, 0.2) is 0 Å². The third kappa shape index (κ3) is 4.05. The lowest BCUT2D eigenvalue weighted by molar-refractivity contribution is 0.0378. The van der Waals surface area contributed by atoms with Crippen molar-refractivity contribution in [2.75, 3.05) is 26.3 Å². The lowest BCUT2D eigenvalue weighted by atomic mass is 9.91. The van der Waals surface area contributed by atoms with Crippen molar-refractivity contribution in [1.82, 2.24) is 10.6 Å². The maximum absolute atomic E-state index is 14.3. The number of ether oxygens (including phenoxy) is 1. The highest BCUT2D eigenvalue weighted by molar-refractivity contribution is 4.90. The number of alkyl halides is 1. The van der Waals surface area contributed by atoms with Crippen LogP contribution in [0, 0.1) is 0 Å². The minimum atomic E-state index is -1.19. The summed E-state index contributed by atoms with van der Waals surface area (Å²) in [6, 6.07) is 0.0288. The Morgan fingerprint density at radius 3 is 2.93 bits per heavy atom. The fourth-order valence-corrected chi connectivity index (χ4v) is 1.93. The molecule has 0 spiro atoms. The van der Waals surface area contributed by atoms with Crippen LogP contribution in [0.4, 0.5) is 4.39 Å². The van der Waals surface area contributed by atoms with Gasteiger partial charge < -0.3 is 15.4 Å². The summed E-state index contributed by atoms with van der Waals surface area (Å²) in [5.74, 6) is 0. The molecular formula is C11H23FN2O. The van der Waals surface area contributed by atoms with Gasteiger partial charge in [-0.15, -0.1) is 0 Å². The molecule has 1 aliphatic rings. The van der Waals surface area contributed by atoms with Crippen molar-refractivity contribution in [2.24, 2.45) is 0 Å². The molecule has 0 aromatic carbocycles. The summed E-state index contributed by atoms with van der Waals surface area (Å²) < 4.78 is 19.6. The van der Waals surface area contributed by atoms with Gasteiger partial charge in [-0.3, -0.25) is 0 Å². The van der Waals surface area contributed by atoms with E-state index in [1.807, 2.05) is 13.8 Å². The Morgan fingerprint density at radius 2 is 2.40 bits per heavy atom. The molecule has 90 valence electrons. The van der Waals surface area contributed by atoms with E-state index < -0.39 is 5.67 Å². The Morgan fingerprint density at radius 1 is 1.67 bits per heavy atom. The second kappa shape index (κ2) is 5.77. The molecule has 15 heavy (non-hydrogen) atoms. The molecule has 1 fully saturated rings. The standard InChI is InChI=1S/C11H23FN2O/c1-4-13-9(2)11(3,12)7-10-8-15-6-5-14-10/h9-10,13-14H,4-8H2,1-3H3. The highest BCUT2D eigenvalue weighted by atomic mass is 19.1. The molecule has 1 rings (SSSR count). The Balaban J connectivity index is 2.39. The smallest absolute Gasteiger partial charge is 0.124 e. The van der Waals surface area contributed by atoms with Gasteiger partial charge in [0.15, 0.2) is 0 Å². The molecule has 3 unspecified atom stereocenters. The van der Waals surface area contributed by atoms with Gasteiger partial charge in [-0.25, -0.2) is 4.39 Å². The minimum absolute atomic E-state index is 0.119. The maximum Gasteiger partial charge on any atom is 0.124 e. The summed E-state index contributed by atoms with van der Waals surface area (Å²) in [5, 5.41) is 6.41. The molecular weight excluding hydrogens is 195 g/mol. The van der Waals surface area contributed by atoms with Gasteiger partial charge in [0.1, 0.15) is 5.67 Å². The van der Waals surface area contributed by atoms with Crippen LogP contribution in [-0.4, -0.2) is 44.1 Å². The number of morpholine rings is 1. The van der Waals surface area contributed by atoms with Gasteiger partial charge in [0, 0.05) is 25.0 Å². The fraction of sp³-hybridized carbons (Fsp3) is 1.00. The SMILES string of the molecule is CCNC(C)C(C)(F)CC1COCCN1. The predicted octanol–water partition coefficient (Wildman–Crippen LogP) is 1.09. The molecule has 0 aromatic heterocycles. The molecule has 3 nitrogen and oxygen atoms in total. The van der Waals surface area contributed by atoms with E-state index >= 15 is 0 Å². The second-order valence-corrected chi connectivity index (χ2v) is 4.49. The van der Waals surface area contributed by atoms with E-state index in [4.69, 9.17) is 4.74 Å². The van der Waals surface area contributed by atoms with E-state index in [-0.39, 0.29) is 12.1 Å². The highest BCUT2D eigenvalue weighted by Gasteiger charge is 2.33. The van der Waals surface area contributed by atoms with E-state index in [1.54, 1.807) is 6.92 Å². The Bertz CT molecular complexity index is 181. The van der Waals surface area contributed by atoms with Crippen molar-refractivity contribution in [3.63, 3.8) is 0 Å². The van der Waals surface area contributed by atoms with Gasteiger partial charge in [-0.05, 0) is 20.4 Å². The van der Waals surface area contributed by atoms with Gasteiger partial charge in [-0.1, -0.05) is 6.92 Å². The number of nitrogens with one attached hydrogen (secondary N) is 2. The van der Waals surface area contributed by atoms with Gasteiger partial charge in [0.25, 0.3) is 0 Å². The largest absolute Gasteiger partial charge is 0.379 e. The zero-order valence-corrected chi connectivity index (χ0v) is 9.98. The van der Waals surface area contributed by atoms with Crippen LogP contribution in [-0.2, 0) is 4.74 Å². The number of halogens is 1. The molecule has 0 amide bonds. The first-order valence-corrected chi connectivity index (χ1v) is 5.79. The van der Waals surface area contributed by atoms with Gasteiger partial charge in [0.2, 0.25) is 0 Å². The van der Waals surface area contributed by atoms with Crippen LogP contribution in [0.2, 0.25) is 0 Å². The molecule has 0 bridgehead atoms.